The molecule has 2 aromatic heterocycles. The first kappa shape index (κ1) is 26.6. The van der Waals surface area contributed by atoms with E-state index in [4.69, 9.17) is 25.5 Å². The van der Waals surface area contributed by atoms with E-state index in [0.717, 1.165) is 5.56 Å². The number of benzene rings is 6. The van der Waals surface area contributed by atoms with Gasteiger partial charge in [0.05, 0.1) is 26.2 Å². The summed E-state index contributed by atoms with van der Waals surface area (Å²) in [5.74, 6) is 0.00187. The third-order valence-corrected chi connectivity index (χ3v) is 10.6. The van der Waals surface area contributed by atoms with Crippen molar-refractivity contribution in [3.05, 3.63) is 167 Å². The Bertz CT molecular complexity index is 3560. The minimum atomic E-state index is -3.01. The predicted molar refractivity (Wildman–Crippen MR) is 248 cm³/mol. The number of hydrogen-bond acceptors (Lipinski definition) is 3. The third-order valence-electron chi connectivity index (χ3n) is 10.6. The van der Waals surface area contributed by atoms with Crippen LogP contribution in [0.2, 0.25) is 0 Å². The second-order valence-corrected chi connectivity index (χ2v) is 16.4. The van der Waals surface area contributed by atoms with E-state index < -0.39 is 90.7 Å². The van der Waals surface area contributed by atoms with E-state index in [0.29, 0.717) is 44.4 Å². The first-order chi connectivity index (χ1) is 34.7. The van der Waals surface area contributed by atoms with E-state index >= 15 is 0 Å². The van der Waals surface area contributed by atoms with Gasteiger partial charge in [-0.15, -0.1) is 29.3 Å². The van der Waals surface area contributed by atoms with Crippen LogP contribution >= 0.6 is 0 Å². The average Bonchev–Trinajstić information content (AvgIpc) is 3.71. The molecule has 0 radical (unpaired) electrons. The number of phenols is 1. The Morgan fingerprint density at radius 1 is 0.733 bits per heavy atom. The molecule has 0 saturated carbocycles. The molecule has 5 heteroatoms. The van der Waals surface area contributed by atoms with Gasteiger partial charge in [0.1, 0.15) is 11.6 Å². The van der Waals surface area contributed by atoms with Gasteiger partial charge in [-0.25, -0.2) is 4.98 Å². The topological polar surface area (TPSA) is 50.9 Å². The monoisotopic (exact) mass is 983 g/mol. The zero-order chi connectivity index (χ0) is 55.3. The van der Waals surface area contributed by atoms with Crippen LogP contribution in [0.1, 0.15) is 116 Å². The van der Waals surface area contributed by atoms with E-state index in [1.165, 1.54) is 6.07 Å². The summed E-state index contributed by atoms with van der Waals surface area (Å²) in [6.45, 7) is 5.04. The van der Waals surface area contributed by atoms with Gasteiger partial charge in [-0.1, -0.05) is 144 Å². The standard InChI is InChI=1S/C55H54N3O.Pt/c1-33(2)41-29-47(34(3)4)53(59)49(30-41)54-57-52-46(17-14-18-51(52)58(54)45-25-36(6)37(7)48(32-45)39-15-12-11-13-16-39)42-26-43(28-44(27-42)55(8,9)10)50-31-40(23-24-56-50)38-21-19-35(5)20-22-38;/h11-25,27-34,59H,1-10H3;/q-1;/i5D3,6D3,7D3,19D,20D,21D,22D,23D,24D,31D;. The maximum atomic E-state index is 12.3. The van der Waals surface area contributed by atoms with Gasteiger partial charge in [-0.05, 0) is 113 Å². The van der Waals surface area contributed by atoms with Crippen molar-refractivity contribution in [1.82, 2.24) is 14.5 Å². The van der Waals surface area contributed by atoms with Crippen LogP contribution in [-0.4, -0.2) is 19.6 Å². The number of aromatic nitrogens is 3. The molecule has 0 amide bonds. The minimum absolute atomic E-state index is 0. The maximum Gasteiger partial charge on any atom is 0.148 e. The van der Waals surface area contributed by atoms with Crippen molar-refractivity contribution in [3.8, 4) is 67.5 Å². The van der Waals surface area contributed by atoms with E-state index in [-0.39, 0.29) is 72.5 Å². The van der Waals surface area contributed by atoms with Crippen LogP contribution in [0.25, 0.3) is 72.7 Å². The molecule has 0 unspecified atom stereocenters. The van der Waals surface area contributed by atoms with Gasteiger partial charge in [-0.2, -0.15) is 0 Å². The van der Waals surface area contributed by atoms with Crippen LogP contribution in [0.5, 0.6) is 5.75 Å². The molecule has 60 heavy (non-hydrogen) atoms. The van der Waals surface area contributed by atoms with E-state index in [9.17, 15) is 6.48 Å². The normalized spacial score (nSPS) is 16.2. The molecular weight excluding hydrogens is 914 g/mol. The minimum Gasteiger partial charge on any atom is -0.507 e. The van der Waals surface area contributed by atoms with Gasteiger partial charge < -0.3 is 5.11 Å². The van der Waals surface area contributed by atoms with Gasteiger partial charge >= 0.3 is 0 Å². The molecule has 0 aliphatic rings. The zero-order valence-electron chi connectivity index (χ0n) is 50.3. The molecule has 0 atom stereocenters. The number of aromatic hydroxyl groups is 1. The summed E-state index contributed by atoms with van der Waals surface area (Å²) in [4.78, 5) is 9.69. The first-order valence-corrected chi connectivity index (χ1v) is 19.5. The molecule has 306 valence electrons. The molecule has 2 heterocycles. The first-order valence-electron chi connectivity index (χ1n) is 27.5. The van der Waals surface area contributed by atoms with E-state index in [2.05, 4.69) is 11.1 Å². The summed E-state index contributed by atoms with van der Waals surface area (Å²) < 4.78 is 140. The number of rotatable bonds is 8. The SMILES string of the molecule is [2H]c1nc(-c2[c-]c(-c3cccc4c3nc(-c3cc(C(C)C)cc(C(C)C)c3O)n4-c3cc(-c4ccccc4)c(C([2H])([2H])[2H])c(C([2H])([2H])[2H])c3)cc(C(C)(C)C)c2)c([2H])c(-c2c([2H])c([2H])c(C([2H])([2H])[2H])c([2H])c2[2H])c1[2H].[Pt]. The van der Waals surface area contributed by atoms with Crippen molar-refractivity contribution >= 4 is 11.0 Å². The van der Waals surface area contributed by atoms with Gasteiger partial charge in [0.25, 0.3) is 0 Å². The molecule has 0 bridgehead atoms. The zero-order valence-corrected chi connectivity index (χ0v) is 36.6. The molecule has 8 rings (SSSR count). The number of phenolic OH excluding ortho intramolecular Hbond substituents is 1. The van der Waals surface area contributed by atoms with E-state index in [1.807, 2.05) is 66.7 Å². The van der Waals surface area contributed by atoms with Crippen LogP contribution in [0.15, 0.2) is 127 Å². The molecule has 0 aliphatic heterocycles. The van der Waals surface area contributed by atoms with Gasteiger partial charge in [0.2, 0.25) is 0 Å². The number of fused-ring (bicyclic) bond motifs is 1. The van der Waals surface area contributed by atoms with Crippen molar-refractivity contribution in [3.63, 3.8) is 0 Å². The number of pyridine rings is 1. The molecule has 0 aliphatic carbocycles. The molecule has 4 nitrogen and oxygen atoms in total. The summed E-state index contributed by atoms with van der Waals surface area (Å²) in [5.41, 5.74) is 1.88. The fourth-order valence-corrected chi connectivity index (χ4v) is 7.27. The van der Waals surface area contributed by atoms with Gasteiger partial charge in [0.15, 0.2) is 0 Å². The van der Waals surface area contributed by atoms with Crippen molar-refractivity contribution in [2.45, 2.75) is 86.3 Å². The van der Waals surface area contributed by atoms with Crippen molar-refractivity contribution in [2.75, 3.05) is 0 Å². The summed E-state index contributed by atoms with van der Waals surface area (Å²) in [7, 11) is 0. The molecule has 0 spiro atoms. The molecule has 1 N–H and O–H groups in total. The summed E-state index contributed by atoms with van der Waals surface area (Å²) in [5, 5.41) is 12.3. The smallest absolute Gasteiger partial charge is 0.148 e. The molecular formula is C55H54N3OPt-. The molecule has 0 saturated heterocycles. The second kappa shape index (κ2) is 16.8. The summed E-state index contributed by atoms with van der Waals surface area (Å²) in [6.07, 6.45) is -0.658. The third kappa shape index (κ3) is 8.15. The maximum absolute atomic E-state index is 12.3. The average molecular weight is 984 g/mol. The number of hydrogen-bond donors (Lipinski definition) is 1. The van der Waals surface area contributed by atoms with Gasteiger partial charge in [0, 0.05) is 51.0 Å². The summed E-state index contributed by atoms with van der Waals surface area (Å²) in [6, 6.07) is 23.2. The number of nitrogens with zero attached hydrogens (tertiary/aromatic N) is 3. The Hall–Kier alpha value is -5.57. The fraction of sp³-hybridized carbons (Fsp3) is 0.236. The largest absolute Gasteiger partial charge is 0.507 e. The van der Waals surface area contributed by atoms with Crippen LogP contribution in [-0.2, 0) is 26.5 Å². The van der Waals surface area contributed by atoms with Crippen LogP contribution in [0.3, 0.4) is 0 Å². The quantitative estimate of drug-likeness (QED) is 0.154. The Labute approximate surface area is 393 Å². The van der Waals surface area contributed by atoms with Crippen LogP contribution < -0.4 is 0 Å². The Balaban J connectivity index is 0.00000840. The van der Waals surface area contributed by atoms with Gasteiger partial charge in [-0.3, -0.25) is 9.55 Å². The second-order valence-electron chi connectivity index (χ2n) is 16.4. The van der Waals surface area contributed by atoms with E-state index in [1.54, 1.807) is 65.2 Å². The van der Waals surface area contributed by atoms with Crippen molar-refractivity contribution < 1.29 is 48.1 Å². The Morgan fingerprint density at radius 3 is 2.18 bits per heavy atom. The van der Waals surface area contributed by atoms with Crippen LogP contribution in [0.4, 0.5) is 0 Å². The molecule has 0 fully saturated rings. The van der Waals surface area contributed by atoms with Crippen molar-refractivity contribution in [1.29, 1.82) is 0 Å². The Morgan fingerprint density at radius 2 is 1.50 bits per heavy atom. The predicted octanol–water partition coefficient (Wildman–Crippen LogP) is 14.7. The van der Waals surface area contributed by atoms with Crippen LogP contribution in [0, 0.1) is 26.6 Å². The fourth-order valence-electron chi connectivity index (χ4n) is 7.27. The number of para-hydroxylation sites is 1. The summed E-state index contributed by atoms with van der Waals surface area (Å²) >= 11 is 0. The number of aryl methyl sites for hydroxylation is 1. The number of imidazole rings is 1. The molecule has 8 aromatic rings. The Kier molecular flexibility index (Phi) is 7.46. The van der Waals surface area contributed by atoms with Crippen molar-refractivity contribution in [2.24, 2.45) is 0 Å². The molecule has 6 aromatic carbocycles.